The van der Waals surface area contributed by atoms with Crippen LogP contribution in [-0.4, -0.2) is 19.6 Å². The third kappa shape index (κ3) is 5.68. The quantitative estimate of drug-likeness (QED) is 0.579. The summed E-state index contributed by atoms with van der Waals surface area (Å²) in [6.07, 6.45) is -3.74. The fourth-order valence-corrected chi connectivity index (χ4v) is 2.43. The number of halogens is 3. The number of ether oxygens (including phenoxy) is 1. The zero-order chi connectivity index (χ0) is 19.2. The van der Waals surface area contributed by atoms with Gasteiger partial charge in [-0.05, 0) is 48.2 Å². The van der Waals surface area contributed by atoms with E-state index in [2.05, 4.69) is 10.3 Å². The maximum absolute atomic E-state index is 12.8. The number of anilines is 1. The van der Waals surface area contributed by atoms with Crippen molar-refractivity contribution in [2.45, 2.75) is 25.4 Å². The Morgan fingerprint density at radius 2 is 1.88 bits per heavy atom. The minimum Gasteiger partial charge on any atom is -0.497 e. The summed E-state index contributed by atoms with van der Waals surface area (Å²) >= 11 is 0. The first kappa shape index (κ1) is 19.6. The van der Waals surface area contributed by atoms with E-state index in [0.29, 0.717) is 18.5 Å². The maximum Gasteiger partial charge on any atom is 0.416 e. The van der Waals surface area contributed by atoms with E-state index in [0.717, 1.165) is 17.5 Å². The Kier molecular flexibility index (Phi) is 6.49. The van der Waals surface area contributed by atoms with Gasteiger partial charge in [0.2, 0.25) is 0 Å². The third-order valence-corrected chi connectivity index (χ3v) is 3.99. The van der Waals surface area contributed by atoms with Crippen LogP contribution in [0.2, 0.25) is 0 Å². The molecule has 0 aliphatic rings. The molecular formula is C19H22F3N3O. The van der Waals surface area contributed by atoms with Gasteiger partial charge in [0.1, 0.15) is 5.75 Å². The molecule has 4 nitrogen and oxygen atoms in total. The highest BCUT2D eigenvalue weighted by Crippen LogP contribution is 2.31. The standard InChI is InChI=1S/C19H22F3N3O/c1-13(14-4-3-5-15(12-14)19(20,21)22)10-11-24-18(23)25-16-6-8-17(26-2)9-7-16/h3-9,12-13H,10-11H2,1-2H3,(H3,23,24,25). The molecule has 1 unspecified atom stereocenters. The summed E-state index contributed by atoms with van der Waals surface area (Å²) in [6, 6.07) is 12.6. The molecule has 0 heterocycles. The number of alkyl halides is 3. The number of rotatable bonds is 6. The number of hydrogen-bond donors (Lipinski definition) is 2. The van der Waals surface area contributed by atoms with Gasteiger partial charge in [-0.3, -0.25) is 4.99 Å². The van der Waals surface area contributed by atoms with Gasteiger partial charge in [0.25, 0.3) is 0 Å². The first-order valence-corrected chi connectivity index (χ1v) is 8.17. The van der Waals surface area contributed by atoms with Crippen LogP contribution in [0.5, 0.6) is 5.75 Å². The van der Waals surface area contributed by atoms with Gasteiger partial charge < -0.3 is 15.8 Å². The molecule has 0 fully saturated rings. The van der Waals surface area contributed by atoms with Gasteiger partial charge >= 0.3 is 6.18 Å². The average Bonchev–Trinajstić information content (AvgIpc) is 2.61. The van der Waals surface area contributed by atoms with Crippen molar-refractivity contribution in [2.24, 2.45) is 10.7 Å². The van der Waals surface area contributed by atoms with E-state index >= 15 is 0 Å². The second kappa shape index (κ2) is 8.60. The highest BCUT2D eigenvalue weighted by atomic mass is 19.4. The third-order valence-electron chi connectivity index (χ3n) is 3.99. The Morgan fingerprint density at radius 1 is 1.19 bits per heavy atom. The molecule has 26 heavy (non-hydrogen) atoms. The Hall–Kier alpha value is -2.70. The van der Waals surface area contributed by atoms with Crippen molar-refractivity contribution in [3.05, 3.63) is 59.7 Å². The van der Waals surface area contributed by atoms with Crippen molar-refractivity contribution >= 4 is 11.6 Å². The van der Waals surface area contributed by atoms with Crippen LogP contribution in [0.4, 0.5) is 18.9 Å². The molecule has 0 saturated carbocycles. The average molecular weight is 365 g/mol. The molecule has 0 aliphatic carbocycles. The molecule has 0 spiro atoms. The lowest BCUT2D eigenvalue weighted by atomic mass is 9.96. The van der Waals surface area contributed by atoms with Gasteiger partial charge in [-0.2, -0.15) is 13.2 Å². The number of methoxy groups -OCH3 is 1. The van der Waals surface area contributed by atoms with Crippen LogP contribution in [-0.2, 0) is 6.18 Å². The number of aliphatic imine (C=N–C) groups is 1. The number of nitrogens with one attached hydrogen (secondary N) is 1. The lowest BCUT2D eigenvalue weighted by Gasteiger charge is -2.14. The largest absolute Gasteiger partial charge is 0.497 e. The summed E-state index contributed by atoms with van der Waals surface area (Å²) in [6.45, 7) is 2.28. The molecule has 140 valence electrons. The van der Waals surface area contributed by atoms with Gasteiger partial charge in [-0.15, -0.1) is 0 Å². The monoisotopic (exact) mass is 365 g/mol. The van der Waals surface area contributed by atoms with Crippen molar-refractivity contribution in [1.82, 2.24) is 0 Å². The Balaban J connectivity index is 1.90. The van der Waals surface area contributed by atoms with Crippen LogP contribution >= 0.6 is 0 Å². The van der Waals surface area contributed by atoms with Crippen LogP contribution in [0, 0.1) is 0 Å². The van der Waals surface area contributed by atoms with Crippen LogP contribution in [0.3, 0.4) is 0 Å². The molecule has 7 heteroatoms. The minimum absolute atomic E-state index is 0.0603. The zero-order valence-corrected chi connectivity index (χ0v) is 14.7. The van der Waals surface area contributed by atoms with E-state index in [9.17, 15) is 13.2 Å². The predicted octanol–water partition coefficient (Wildman–Crippen LogP) is 4.63. The van der Waals surface area contributed by atoms with Crippen LogP contribution < -0.4 is 15.8 Å². The molecule has 0 aromatic heterocycles. The van der Waals surface area contributed by atoms with Crippen molar-refractivity contribution in [3.63, 3.8) is 0 Å². The number of benzene rings is 2. The topological polar surface area (TPSA) is 59.6 Å². The summed E-state index contributed by atoms with van der Waals surface area (Å²) in [5.74, 6) is 0.933. The second-order valence-electron chi connectivity index (χ2n) is 5.93. The molecule has 0 saturated heterocycles. The molecule has 0 aliphatic heterocycles. The fourth-order valence-electron chi connectivity index (χ4n) is 2.43. The highest BCUT2D eigenvalue weighted by Gasteiger charge is 2.30. The van der Waals surface area contributed by atoms with E-state index in [1.807, 2.05) is 19.1 Å². The lowest BCUT2D eigenvalue weighted by Crippen LogP contribution is -2.23. The minimum atomic E-state index is -4.33. The molecule has 0 bridgehead atoms. The number of guanidine groups is 1. The van der Waals surface area contributed by atoms with E-state index < -0.39 is 11.7 Å². The second-order valence-corrected chi connectivity index (χ2v) is 5.93. The van der Waals surface area contributed by atoms with E-state index in [-0.39, 0.29) is 11.9 Å². The fraction of sp³-hybridized carbons (Fsp3) is 0.316. The van der Waals surface area contributed by atoms with Crippen molar-refractivity contribution < 1.29 is 17.9 Å². The highest BCUT2D eigenvalue weighted by molar-refractivity contribution is 5.92. The first-order valence-electron chi connectivity index (χ1n) is 8.17. The summed E-state index contributed by atoms with van der Waals surface area (Å²) in [5, 5.41) is 2.96. The first-order chi connectivity index (χ1) is 12.3. The van der Waals surface area contributed by atoms with Gasteiger partial charge in [-0.25, -0.2) is 0 Å². The summed E-state index contributed by atoms with van der Waals surface area (Å²) < 4.78 is 43.4. The molecule has 2 rings (SSSR count). The molecule has 2 aromatic carbocycles. The SMILES string of the molecule is COc1ccc(NC(N)=NCCC(C)c2cccc(C(F)(F)F)c2)cc1. The number of nitrogens with two attached hydrogens (primary N) is 1. The number of nitrogens with zero attached hydrogens (tertiary/aromatic N) is 1. The summed E-state index contributed by atoms with van der Waals surface area (Å²) in [5.41, 5.74) is 6.62. The van der Waals surface area contributed by atoms with Gasteiger partial charge in [-0.1, -0.05) is 25.1 Å². The van der Waals surface area contributed by atoms with Gasteiger partial charge in [0, 0.05) is 12.2 Å². The lowest BCUT2D eigenvalue weighted by molar-refractivity contribution is -0.137. The smallest absolute Gasteiger partial charge is 0.416 e. The maximum atomic E-state index is 12.8. The molecule has 0 amide bonds. The summed E-state index contributed by atoms with van der Waals surface area (Å²) in [4.78, 5) is 4.23. The Bertz CT molecular complexity index is 742. The van der Waals surface area contributed by atoms with E-state index in [4.69, 9.17) is 10.5 Å². The molecule has 3 N–H and O–H groups in total. The van der Waals surface area contributed by atoms with E-state index in [1.165, 1.54) is 12.1 Å². The normalized spacial score (nSPS) is 13.3. The van der Waals surface area contributed by atoms with Crippen LogP contribution in [0.1, 0.15) is 30.4 Å². The van der Waals surface area contributed by atoms with Crippen molar-refractivity contribution in [1.29, 1.82) is 0 Å². The van der Waals surface area contributed by atoms with Gasteiger partial charge in [0.05, 0.1) is 12.7 Å². The number of hydrogen-bond acceptors (Lipinski definition) is 2. The molecular weight excluding hydrogens is 343 g/mol. The van der Waals surface area contributed by atoms with E-state index in [1.54, 1.807) is 25.3 Å². The molecule has 1 atom stereocenters. The molecule has 2 aromatic rings. The van der Waals surface area contributed by atoms with Crippen LogP contribution in [0.15, 0.2) is 53.5 Å². The Labute approximate surface area is 150 Å². The van der Waals surface area contributed by atoms with Crippen molar-refractivity contribution in [3.8, 4) is 5.75 Å². The zero-order valence-electron chi connectivity index (χ0n) is 14.7. The predicted molar refractivity (Wildman–Crippen MR) is 97.6 cm³/mol. The Morgan fingerprint density at radius 3 is 2.50 bits per heavy atom. The van der Waals surface area contributed by atoms with Gasteiger partial charge in [0.15, 0.2) is 5.96 Å². The molecule has 0 radical (unpaired) electrons. The van der Waals surface area contributed by atoms with Crippen LogP contribution in [0.25, 0.3) is 0 Å². The van der Waals surface area contributed by atoms with Crippen molar-refractivity contribution in [2.75, 3.05) is 19.0 Å². The summed E-state index contributed by atoms with van der Waals surface area (Å²) in [7, 11) is 1.59.